The third-order valence-electron chi connectivity index (χ3n) is 4.04. The van der Waals surface area contributed by atoms with Crippen LogP contribution in [-0.4, -0.2) is 36.5 Å². The van der Waals surface area contributed by atoms with Crippen molar-refractivity contribution in [3.63, 3.8) is 0 Å². The summed E-state index contributed by atoms with van der Waals surface area (Å²) >= 11 is 0. The van der Waals surface area contributed by atoms with E-state index >= 15 is 0 Å². The first kappa shape index (κ1) is 16.8. The lowest BCUT2D eigenvalue weighted by Crippen LogP contribution is -2.42. The first-order valence-corrected chi connectivity index (χ1v) is 8.28. The quantitative estimate of drug-likeness (QED) is 0.878. The van der Waals surface area contributed by atoms with E-state index < -0.39 is 0 Å². The average Bonchev–Trinajstić information content (AvgIpc) is 2.49. The van der Waals surface area contributed by atoms with Gasteiger partial charge in [-0.05, 0) is 50.3 Å². The fraction of sp³-hybridized carbons (Fsp3) is 0.611. The highest BCUT2D eigenvalue weighted by molar-refractivity contribution is 5.78. The highest BCUT2D eigenvalue weighted by Crippen LogP contribution is 2.16. The van der Waals surface area contributed by atoms with Crippen LogP contribution in [0.2, 0.25) is 0 Å². The second kappa shape index (κ2) is 8.18. The zero-order valence-corrected chi connectivity index (χ0v) is 14.0. The second-order valence-corrected chi connectivity index (χ2v) is 6.48. The summed E-state index contributed by atoms with van der Waals surface area (Å²) in [5.74, 6) is 1.85. The molecule has 1 aromatic carbocycles. The molecule has 1 saturated heterocycles. The minimum atomic E-state index is 0.189. The van der Waals surface area contributed by atoms with Crippen molar-refractivity contribution in [2.45, 2.75) is 46.3 Å². The van der Waals surface area contributed by atoms with Crippen LogP contribution >= 0.6 is 0 Å². The van der Waals surface area contributed by atoms with Crippen molar-refractivity contribution in [2.75, 3.05) is 19.6 Å². The first-order chi connectivity index (χ1) is 10.5. The summed E-state index contributed by atoms with van der Waals surface area (Å²) in [6.07, 6.45) is 2.44. The number of nitrogens with one attached hydrogen (secondary N) is 1. The molecule has 1 N–H and O–H groups in total. The van der Waals surface area contributed by atoms with E-state index in [2.05, 4.69) is 12.2 Å². The lowest BCUT2D eigenvalue weighted by atomic mass is 9.99. The molecular weight excluding hydrogens is 276 g/mol. The molecule has 1 fully saturated rings. The van der Waals surface area contributed by atoms with Crippen molar-refractivity contribution in [1.29, 1.82) is 0 Å². The van der Waals surface area contributed by atoms with E-state index in [-0.39, 0.29) is 12.0 Å². The number of nitrogens with zero attached hydrogens (tertiary/aromatic N) is 1. The van der Waals surface area contributed by atoms with Gasteiger partial charge >= 0.3 is 0 Å². The molecule has 0 saturated carbocycles. The molecule has 4 nitrogen and oxygen atoms in total. The van der Waals surface area contributed by atoms with Crippen LogP contribution in [0.4, 0.5) is 0 Å². The number of carbonyl (C=O) groups excluding carboxylic acids is 1. The highest BCUT2D eigenvalue weighted by atomic mass is 16.5. The Kier molecular flexibility index (Phi) is 6.25. The van der Waals surface area contributed by atoms with Crippen LogP contribution in [0.1, 0.15) is 39.2 Å². The molecule has 4 heteroatoms. The summed E-state index contributed by atoms with van der Waals surface area (Å²) in [6, 6.07) is 8.03. The van der Waals surface area contributed by atoms with Gasteiger partial charge in [0.05, 0.1) is 12.6 Å². The molecule has 2 rings (SSSR count). The zero-order chi connectivity index (χ0) is 15.9. The molecule has 22 heavy (non-hydrogen) atoms. The lowest BCUT2D eigenvalue weighted by Gasteiger charge is -2.30. The number of amides is 1. The summed E-state index contributed by atoms with van der Waals surface area (Å²) in [4.78, 5) is 14.1. The minimum Gasteiger partial charge on any atom is -0.491 e. The molecule has 1 aromatic rings. The second-order valence-electron chi connectivity index (χ2n) is 6.48. The summed E-state index contributed by atoms with van der Waals surface area (Å²) in [5, 5.41) is 3.24. The van der Waals surface area contributed by atoms with E-state index in [4.69, 9.17) is 4.74 Å². The topological polar surface area (TPSA) is 41.6 Å². The van der Waals surface area contributed by atoms with E-state index in [0.29, 0.717) is 13.1 Å². The third-order valence-corrected chi connectivity index (χ3v) is 4.04. The molecule has 1 aliphatic heterocycles. The van der Waals surface area contributed by atoms with E-state index in [9.17, 15) is 4.79 Å². The van der Waals surface area contributed by atoms with E-state index in [0.717, 1.165) is 43.2 Å². The van der Waals surface area contributed by atoms with Gasteiger partial charge in [-0.15, -0.1) is 0 Å². The molecule has 0 atom stereocenters. The Morgan fingerprint density at radius 2 is 1.91 bits per heavy atom. The molecule has 1 heterocycles. The van der Waals surface area contributed by atoms with Gasteiger partial charge in [0.2, 0.25) is 5.91 Å². The van der Waals surface area contributed by atoms with Gasteiger partial charge in [-0.25, -0.2) is 0 Å². The molecular formula is C18H28N2O2. The number of hydrogen-bond donors (Lipinski definition) is 1. The lowest BCUT2D eigenvalue weighted by molar-refractivity contribution is -0.131. The Hall–Kier alpha value is -1.55. The predicted molar refractivity (Wildman–Crippen MR) is 88.9 cm³/mol. The summed E-state index contributed by atoms with van der Waals surface area (Å²) in [6.45, 7) is 9.22. The molecule has 0 aromatic heterocycles. The maximum absolute atomic E-state index is 12.1. The highest BCUT2D eigenvalue weighted by Gasteiger charge is 2.19. The molecule has 1 amide bonds. The summed E-state index contributed by atoms with van der Waals surface area (Å²) < 4.78 is 5.62. The normalized spacial score (nSPS) is 16.1. The van der Waals surface area contributed by atoms with Crippen molar-refractivity contribution < 1.29 is 9.53 Å². The van der Waals surface area contributed by atoms with Gasteiger partial charge in [-0.3, -0.25) is 4.79 Å². The van der Waals surface area contributed by atoms with Crippen LogP contribution in [0, 0.1) is 5.92 Å². The number of hydrogen-bond acceptors (Lipinski definition) is 3. The minimum absolute atomic E-state index is 0.189. The van der Waals surface area contributed by atoms with Crippen LogP contribution in [0.3, 0.4) is 0 Å². The molecule has 0 unspecified atom stereocenters. The van der Waals surface area contributed by atoms with Gasteiger partial charge in [0.1, 0.15) is 5.75 Å². The van der Waals surface area contributed by atoms with Gasteiger partial charge < -0.3 is 15.0 Å². The van der Waals surface area contributed by atoms with Crippen molar-refractivity contribution in [3.8, 4) is 5.75 Å². The largest absolute Gasteiger partial charge is 0.491 e. The number of ether oxygens (including phenoxy) is 1. The van der Waals surface area contributed by atoms with Gasteiger partial charge in [0.25, 0.3) is 0 Å². The number of benzene rings is 1. The molecule has 122 valence electrons. The summed E-state index contributed by atoms with van der Waals surface area (Å²) in [5.41, 5.74) is 1.16. The van der Waals surface area contributed by atoms with E-state index in [1.807, 2.05) is 43.0 Å². The smallest absolute Gasteiger partial charge is 0.236 e. The molecule has 0 spiro atoms. The Bertz CT molecular complexity index is 462. The maximum atomic E-state index is 12.1. The predicted octanol–water partition coefficient (Wildman–Crippen LogP) is 2.82. The van der Waals surface area contributed by atoms with Crippen LogP contribution in [0.5, 0.6) is 5.75 Å². The SMILES string of the molecule is CC1CCN(C(=O)CNCc2ccc(OC(C)C)cc2)CC1. The van der Waals surface area contributed by atoms with Crippen LogP contribution in [0.15, 0.2) is 24.3 Å². The molecule has 0 radical (unpaired) electrons. The number of likely N-dealkylation sites (tertiary alicyclic amines) is 1. The monoisotopic (exact) mass is 304 g/mol. The number of carbonyl (C=O) groups is 1. The molecule has 0 bridgehead atoms. The van der Waals surface area contributed by atoms with Crippen LogP contribution in [-0.2, 0) is 11.3 Å². The third kappa shape index (κ3) is 5.34. The van der Waals surface area contributed by atoms with Gasteiger partial charge in [-0.2, -0.15) is 0 Å². The van der Waals surface area contributed by atoms with Gasteiger partial charge in [0, 0.05) is 19.6 Å². The number of rotatable bonds is 6. The van der Waals surface area contributed by atoms with Crippen molar-refractivity contribution in [2.24, 2.45) is 5.92 Å². The molecule has 1 aliphatic rings. The fourth-order valence-electron chi connectivity index (χ4n) is 2.64. The van der Waals surface area contributed by atoms with E-state index in [1.54, 1.807) is 0 Å². The summed E-state index contributed by atoms with van der Waals surface area (Å²) in [7, 11) is 0. The van der Waals surface area contributed by atoms with Crippen molar-refractivity contribution in [1.82, 2.24) is 10.2 Å². The zero-order valence-electron chi connectivity index (χ0n) is 14.0. The van der Waals surface area contributed by atoms with Crippen molar-refractivity contribution >= 4 is 5.91 Å². The Morgan fingerprint density at radius 3 is 2.50 bits per heavy atom. The van der Waals surface area contributed by atoms with Gasteiger partial charge in [-0.1, -0.05) is 19.1 Å². The molecule has 0 aliphatic carbocycles. The Labute approximate surface area is 133 Å². The Morgan fingerprint density at radius 1 is 1.27 bits per heavy atom. The first-order valence-electron chi connectivity index (χ1n) is 8.28. The van der Waals surface area contributed by atoms with Gasteiger partial charge in [0.15, 0.2) is 0 Å². The van der Waals surface area contributed by atoms with Crippen molar-refractivity contribution in [3.05, 3.63) is 29.8 Å². The Balaban J connectivity index is 1.70. The van der Waals surface area contributed by atoms with E-state index in [1.165, 1.54) is 0 Å². The standard InChI is InChI=1S/C18H28N2O2/c1-14(2)22-17-6-4-16(5-7-17)12-19-13-18(21)20-10-8-15(3)9-11-20/h4-7,14-15,19H,8-13H2,1-3H3. The average molecular weight is 304 g/mol. The number of piperidine rings is 1. The maximum Gasteiger partial charge on any atom is 0.236 e. The van der Waals surface area contributed by atoms with Crippen LogP contribution < -0.4 is 10.1 Å². The van der Waals surface area contributed by atoms with Crippen LogP contribution in [0.25, 0.3) is 0 Å². The fourth-order valence-corrected chi connectivity index (χ4v) is 2.64.